The number of fused-ring (bicyclic) bond motifs is 5. The standard InChI is InChI=1S/C25H43N3O2/c1-23(2,3)27-22(30)26-15-16-7-9-18-17-8-10-20-25(5,14-12-21(29)28(20)6)19(17)11-13-24(16,18)4/h16-20H,7-15H2,1-6H3,(H2,26,27,30)/t16?,17-,18-,19+,20?,24+,25+/m0/s1. The fourth-order valence-corrected chi connectivity index (χ4v) is 8.20. The summed E-state index contributed by atoms with van der Waals surface area (Å²) in [7, 11) is 2.04. The van der Waals surface area contributed by atoms with Crippen molar-refractivity contribution in [2.24, 2.45) is 34.5 Å². The van der Waals surface area contributed by atoms with E-state index in [9.17, 15) is 9.59 Å². The molecule has 5 nitrogen and oxygen atoms in total. The molecule has 4 fully saturated rings. The highest BCUT2D eigenvalue weighted by Gasteiger charge is 2.60. The molecule has 0 aromatic heterocycles. The van der Waals surface area contributed by atoms with Crippen LogP contribution in [-0.2, 0) is 4.79 Å². The minimum absolute atomic E-state index is 0.0360. The van der Waals surface area contributed by atoms with Gasteiger partial charge in [0.05, 0.1) is 0 Å². The van der Waals surface area contributed by atoms with Gasteiger partial charge in [-0.05, 0) is 100 Å². The Balaban J connectivity index is 1.45. The quantitative estimate of drug-likeness (QED) is 0.692. The molecule has 2 unspecified atom stereocenters. The van der Waals surface area contributed by atoms with E-state index in [1.165, 1.54) is 38.5 Å². The SMILES string of the molecule is CN1C(=O)CC[C@@]2(C)C1CC[C@@H]1[C@H]2CC[C@]2(C)C(CNC(=O)NC(C)(C)C)CC[C@@H]12. The molecule has 3 saturated carbocycles. The van der Waals surface area contributed by atoms with Crippen LogP contribution >= 0.6 is 0 Å². The minimum Gasteiger partial charge on any atom is -0.342 e. The maximum Gasteiger partial charge on any atom is 0.315 e. The summed E-state index contributed by atoms with van der Waals surface area (Å²) in [5.41, 5.74) is 0.429. The van der Waals surface area contributed by atoms with Crippen LogP contribution in [0.3, 0.4) is 0 Å². The van der Waals surface area contributed by atoms with E-state index in [2.05, 4.69) is 29.4 Å². The third-order valence-corrected chi connectivity index (χ3v) is 9.75. The summed E-state index contributed by atoms with van der Waals surface area (Å²) in [5, 5.41) is 6.22. The molecule has 5 heteroatoms. The Labute approximate surface area is 183 Å². The Morgan fingerprint density at radius 2 is 1.73 bits per heavy atom. The molecule has 0 aromatic rings. The van der Waals surface area contributed by atoms with E-state index in [0.29, 0.717) is 23.3 Å². The largest absolute Gasteiger partial charge is 0.342 e. The average molecular weight is 418 g/mol. The number of amides is 3. The van der Waals surface area contributed by atoms with Crippen LogP contribution in [0.5, 0.6) is 0 Å². The molecule has 1 saturated heterocycles. The lowest BCUT2D eigenvalue weighted by Gasteiger charge is -2.61. The van der Waals surface area contributed by atoms with Crippen LogP contribution in [0.25, 0.3) is 0 Å². The lowest BCUT2D eigenvalue weighted by molar-refractivity contribution is -0.158. The van der Waals surface area contributed by atoms with E-state index in [0.717, 1.165) is 37.1 Å². The topological polar surface area (TPSA) is 61.4 Å². The molecule has 4 aliphatic rings. The summed E-state index contributed by atoms with van der Waals surface area (Å²) in [5.74, 6) is 3.24. The molecule has 1 aliphatic heterocycles. The number of piperidine rings is 1. The molecule has 4 rings (SSSR count). The second-order valence-corrected chi connectivity index (χ2v) is 12.4. The van der Waals surface area contributed by atoms with Crippen LogP contribution < -0.4 is 10.6 Å². The molecule has 7 atom stereocenters. The normalized spacial score (nSPS) is 43.5. The van der Waals surface area contributed by atoms with Gasteiger partial charge in [-0.15, -0.1) is 0 Å². The minimum atomic E-state index is -0.202. The number of nitrogens with one attached hydrogen (secondary N) is 2. The summed E-state index contributed by atoms with van der Waals surface area (Å²) in [6.07, 6.45) is 9.34. The van der Waals surface area contributed by atoms with E-state index in [-0.39, 0.29) is 17.0 Å². The first-order valence-corrected chi connectivity index (χ1v) is 12.3. The first kappa shape index (κ1) is 22.0. The molecule has 0 radical (unpaired) electrons. The Kier molecular flexibility index (Phi) is 5.42. The van der Waals surface area contributed by atoms with Gasteiger partial charge < -0.3 is 15.5 Å². The zero-order valence-electron chi connectivity index (χ0n) is 20.0. The summed E-state index contributed by atoms with van der Waals surface area (Å²) in [6.45, 7) is 11.9. The molecule has 1 heterocycles. The number of rotatable bonds is 2. The summed E-state index contributed by atoms with van der Waals surface area (Å²) in [6, 6.07) is 0.399. The first-order valence-electron chi connectivity index (χ1n) is 12.3. The van der Waals surface area contributed by atoms with Crippen LogP contribution in [0.15, 0.2) is 0 Å². The monoisotopic (exact) mass is 417 g/mol. The van der Waals surface area contributed by atoms with Crippen molar-refractivity contribution in [3.05, 3.63) is 0 Å². The van der Waals surface area contributed by atoms with Gasteiger partial charge >= 0.3 is 6.03 Å². The predicted octanol–water partition coefficient (Wildman–Crippen LogP) is 4.56. The van der Waals surface area contributed by atoms with Crippen LogP contribution in [0.2, 0.25) is 0 Å². The van der Waals surface area contributed by atoms with E-state index < -0.39 is 0 Å². The Morgan fingerprint density at radius 3 is 2.43 bits per heavy atom. The van der Waals surface area contributed by atoms with Gasteiger partial charge in [0.2, 0.25) is 5.91 Å². The van der Waals surface area contributed by atoms with Crippen molar-refractivity contribution in [2.45, 2.75) is 97.6 Å². The molecule has 0 bridgehead atoms. The van der Waals surface area contributed by atoms with Gasteiger partial charge in [-0.2, -0.15) is 0 Å². The van der Waals surface area contributed by atoms with E-state index >= 15 is 0 Å². The van der Waals surface area contributed by atoms with Crippen LogP contribution in [0.4, 0.5) is 4.79 Å². The third kappa shape index (κ3) is 3.54. The van der Waals surface area contributed by atoms with Crippen molar-refractivity contribution in [1.29, 1.82) is 0 Å². The van der Waals surface area contributed by atoms with E-state index in [1.54, 1.807) is 0 Å². The zero-order chi connectivity index (χ0) is 21.9. The third-order valence-electron chi connectivity index (χ3n) is 9.75. The highest BCUT2D eigenvalue weighted by molar-refractivity contribution is 5.77. The van der Waals surface area contributed by atoms with Crippen molar-refractivity contribution in [2.75, 3.05) is 13.6 Å². The highest BCUT2D eigenvalue weighted by Crippen LogP contribution is 2.66. The van der Waals surface area contributed by atoms with Crippen molar-refractivity contribution < 1.29 is 9.59 Å². The van der Waals surface area contributed by atoms with Crippen molar-refractivity contribution >= 4 is 11.9 Å². The molecule has 30 heavy (non-hydrogen) atoms. The lowest BCUT2D eigenvalue weighted by atomic mass is 9.47. The number of hydrogen-bond donors (Lipinski definition) is 2. The summed E-state index contributed by atoms with van der Waals surface area (Å²) in [4.78, 5) is 26.7. The summed E-state index contributed by atoms with van der Waals surface area (Å²) >= 11 is 0. The van der Waals surface area contributed by atoms with Gasteiger partial charge in [-0.1, -0.05) is 13.8 Å². The van der Waals surface area contributed by atoms with Gasteiger partial charge in [0.25, 0.3) is 0 Å². The summed E-state index contributed by atoms with van der Waals surface area (Å²) < 4.78 is 0. The first-order chi connectivity index (χ1) is 14.0. The average Bonchev–Trinajstić information content (AvgIpc) is 2.98. The fraction of sp³-hybridized carbons (Fsp3) is 0.920. The van der Waals surface area contributed by atoms with Crippen LogP contribution in [0, 0.1) is 34.5 Å². The van der Waals surface area contributed by atoms with Gasteiger partial charge in [0, 0.05) is 31.6 Å². The molecule has 0 spiro atoms. The van der Waals surface area contributed by atoms with Crippen LogP contribution in [-0.4, -0.2) is 42.0 Å². The second-order valence-electron chi connectivity index (χ2n) is 12.4. The molecule has 3 amide bonds. The number of urea groups is 1. The van der Waals surface area contributed by atoms with E-state index in [4.69, 9.17) is 0 Å². The smallest absolute Gasteiger partial charge is 0.315 e. The number of carbonyl (C=O) groups excluding carboxylic acids is 2. The second kappa shape index (κ2) is 7.41. The zero-order valence-corrected chi connectivity index (χ0v) is 20.0. The van der Waals surface area contributed by atoms with E-state index in [1.807, 2.05) is 27.8 Å². The number of likely N-dealkylation sites (tertiary alicyclic amines) is 1. The molecule has 3 aliphatic carbocycles. The van der Waals surface area contributed by atoms with Gasteiger partial charge in [-0.25, -0.2) is 4.79 Å². The Hall–Kier alpha value is -1.26. The Bertz CT molecular complexity index is 701. The maximum absolute atomic E-state index is 12.3. The van der Waals surface area contributed by atoms with Crippen LogP contribution in [0.1, 0.15) is 86.0 Å². The molecular formula is C25H43N3O2. The maximum atomic E-state index is 12.3. The number of hydrogen-bond acceptors (Lipinski definition) is 2. The predicted molar refractivity (Wildman–Crippen MR) is 120 cm³/mol. The van der Waals surface area contributed by atoms with Gasteiger partial charge in [-0.3, -0.25) is 4.79 Å². The van der Waals surface area contributed by atoms with Gasteiger partial charge in [0.15, 0.2) is 0 Å². The number of carbonyl (C=O) groups is 2. The van der Waals surface area contributed by atoms with Crippen molar-refractivity contribution in [3.8, 4) is 0 Å². The molecule has 2 N–H and O–H groups in total. The number of nitrogens with zero attached hydrogens (tertiary/aromatic N) is 1. The van der Waals surface area contributed by atoms with Crippen molar-refractivity contribution in [3.63, 3.8) is 0 Å². The lowest BCUT2D eigenvalue weighted by Crippen LogP contribution is -2.61. The fourth-order valence-electron chi connectivity index (χ4n) is 8.20. The highest BCUT2D eigenvalue weighted by atomic mass is 16.2. The molecule has 0 aromatic carbocycles. The molecule has 170 valence electrons. The molecular weight excluding hydrogens is 374 g/mol. The van der Waals surface area contributed by atoms with Crippen molar-refractivity contribution in [1.82, 2.24) is 15.5 Å². The Morgan fingerprint density at radius 1 is 1.03 bits per heavy atom. The van der Waals surface area contributed by atoms with Gasteiger partial charge in [0.1, 0.15) is 0 Å².